The summed E-state index contributed by atoms with van der Waals surface area (Å²) in [5, 5.41) is 8.14. The summed E-state index contributed by atoms with van der Waals surface area (Å²) in [5.74, 6) is -0.0387. The Morgan fingerprint density at radius 1 is 1.09 bits per heavy atom. The van der Waals surface area contributed by atoms with Crippen LogP contribution < -0.4 is 0 Å². The van der Waals surface area contributed by atoms with E-state index in [0.717, 1.165) is 31.9 Å². The Hall–Kier alpha value is -2.21. The molecule has 6 heteroatoms. The zero-order valence-corrected chi connectivity index (χ0v) is 13.3. The molecule has 0 radical (unpaired) electrons. The van der Waals surface area contributed by atoms with Crippen LogP contribution in [0.25, 0.3) is 5.69 Å². The molecule has 1 aromatic carbocycles. The van der Waals surface area contributed by atoms with Crippen LogP contribution in [0.1, 0.15) is 21.6 Å². The van der Waals surface area contributed by atoms with Crippen molar-refractivity contribution in [1.82, 2.24) is 24.8 Å². The smallest absolute Gasteiger partial charge is 0.276 e. The van der Waals surface area contributed by atoms with Crippen LogP contribution in [0.15, 0.2) is 24.4 Å². The van der Waals surface area contributed by atoms with E-state index in [2.05, 4.69) is 36.1 Å². The van der Waals surface area contributed by atoms with Crippen molar-refractivity contribution in [3.8, 4) is 5.69 Å². The average molecular weight is 299 g/mol. The van der Waals surface area contributed by atoms with Crippen molar-refractivity contribution in [2.45, 2.75) is 13.8 Å². The van der Waals surface area contributed by atoms with Crippen molar-refractivity contribution < 1.29 is 4.79 Å². The Balaban J connectivity index is 1.78. The molecule has 0 unspecified atom stereocenters. The Bertz CT molecular complexity index is 686. The van der Waals surface area contributed by atoms with Gasteiger partial charge in [-0.05, 0) is 44.2 Å². The van der Waals surface area contributed by atoms with E-state index in [0.29, 0.717) is 5.69 Å². The fourth-order valence-electron chi connectivity index (χ4n) is 2.53. The highest BCUT2D eigenvalue weighted by molar-refractivity contribution is 5.92. The van der Waals surface area contributed by atoms with E-state index in [1.807, 2.05) is 23.1 Å². The van der Waals surface area contributed by atoms with Gasteiger partial charge in [-0.1, -0.05) is 11.3 Å². The molecule has 22 heavy (non-hydrogen) atoms. The first kappa shape index (κ1) is 14.7. The third-order valence-corrected chi connectivity index (χ3v) is 4.26. The number of amides is 1. The number of benzene rings is 1. The molecule has 1 amide bonds. The SMILES string of the molecule is Cc1ccc(-n2cc(C(=O)N3CCN(C)CC3)nn2)cc1C. The first-order valence-electron chi connectivity index (χ1n) is 7.52. The van der Waals surface area contributed by atoms with Gasteiger partial charge in [0.2, 0.25) is 0 Å². The summed E-state index contributed by atoms with van der Waals surface area (Å²) in [6.07, 6.45) is 1.71. The predicted octanol–water partition coefficient (Wildman–Crippen LogP) is 1.27. The summed E-state index contributed by atoms with van der Waals surface area (Å²) in [7, 11) is 2.07. The van der Waals surface area contributed by atoms with Crippen molar-refractivity contribution in [2.75, 3.05) is 33.2 Å². The van der Waals surface area contributed by atoms with Crippen molar-refractivity contribution >= 4 is 5.91 Å². The van der Waals surface area contributed by atoms with Crippen LogP contribution in [-0.2, 0) is 0 Å². The number of likely N-dealkylation sites (N-methyl/N-ethyl adjacent to an activating group) is 1. The van der Waals surface area contributed by atoms with Crippen LogP contribution in [0.5, 0.6) is 0 Å². The summed E-state index contributed by atoms with van der Waals surface area (Å²) >= 11 is 0. The van der Waals surface area contributed by atoms with E-state index < -0.39 is 0 Å². The van der Waals surface area contributed by atoms with Crippen molar-refractivity contribution in [3.63, 3.8) is 0 Å². The van der Waals surface area contributed by atoms with Crippen LogP contribution in [0.4, 0.5) is 0 Å². The molecule has 0 atom stereocenters. The molecule has 0 bridgehead atoms. The number of hydrogen-bond acceptors (Lipinski definition) is 4. The standard InChI is InChI=1S/C16H21N5O/c1-12-4-5-14(10-13(12)2)21-11-15(17-18-21)16(22)20-8-6-19(3)7-9-20/h4-5,10-11H,6-9H2,1-3H3. The lowest BCUT2D eigenvalue weighted by molar-refractivity contribution is 0.0658. The quantitative estimate of drug-likeness (QED) is 0.838. The van der Waals surface area contributed by atoms with Gasteiger partial charge in [0.15, 0.2) is 5.69 Å². The van der Waals surface area contributed by atoms with Gasteiger partial charge in [-0.3, -0.25) is 4.79 Å². The zero-order valence-electron chi connectivity index (χ0n) is 13.3. The third kappa shape index (κ3) is 2.87. The summed E-state index contributed by atoms with van der Waals surface area (Å²) in [4.78, 5) is 16.5. The van der Waals surface area contributed by atoms with E-state index in [1.165, 1.54) is 11.1 Å². The summed E-state index contributed by atoms with van der Waals surface area (Å²) in [6, 6.07) is 6.09. The second-order valence-corrected chi connectivity index (χ2v) is 5.91. The number of piperazine rings is 1. The number of aryl methyl sites for hydroxylation is 2. The highest BCUT2D eigenvalue weighted by atomic mass is 16.2. The molecule has 1 aliphatic heterocycles. The molecule has 0 saturated carbocycles. The molecule has 116 valence electrons. The van der Waals surface area contributed by atoms with Crippen molar-refractivity contribution in [3.05, 3.63) is 41.2 Å². The van der Waals surface area contributed by atoms with Gasteiger partial charge < -0.3 is 9.80 Å². The number of rotatable bonds is 2. The lowest BCUT2D eigenvalue weighted by Crippen LogP contribution is -2.47. The van der Waals surface area contributed by atoms with Gasteiger partial charge in [-0.2, -0.15) is 0 Å². The zero-order chi connectivity index (χ0) is 15.7. The van der Waals surface area contributed by atoms with Crippen LogP contribution in [0.2, 0.25) is 0 Å². The van der Waals surface area contributed by atoms with E-state index in [1.54, 1.807) is 10.9 Å². The Labute approximate surface area is 130 Å². The lowest BCUT2D eigenvalue weighted by atomic mass is 10.1. The van der Waals surface area contributed by atoms with E-state index in [9.17, 15) is 4.79 Å². The number of aromatic nitrogens is 3. The van der Waals surface area contributed by atoms with E-state index in [-0.39, 0.29) is 5.91 Å². The van der Waals surface area contributed by atoms with Gasteiger partial charge in [0.25, 0.3) is 5.91 Å². The highest BCUT2D eigenvalue weighted by Gasteiger charge is 2.22. The second kappa shape index (κ2) is 5.88. The fourth-order valence-corrected chi connectivity index (χ4v) is 2.53. The minimum absolute atomic E-state index is 0.0387. The lowest BCUT2D eigenvalue weighted by Gasteiger charge is -2.31. The molecule has 0 N–H and O–H groups in total. The number of nitrogens with zero attached hydrogens (tertiary/aromatic N) is 5. The molecule has 0 aliphatic carbocycles. The summed E-state index contributed by atoms with van der Waals surface area (Å²) in [6.45, 7) is 7.42. The average Bonchev–Trinajstić information content (AvgIpc) is 3.00. The maximum Gasteiger partial charge on any atom is 0.276 e. The Kier molecular flexibility index (Phi) is 3.94. The monoisotopic (exact) mass is 299 g/mol. The Morgan fingerprint density at radius 2 is 1.82 bits per heavy atom. The molecule has 1 saturated heterocycles. The highest BCUT2D eigenvalue weighted by Crippen LogP contribution is 2.14. The van der Waals surface area contributed by atoms with Gasteiger partial charge in [-0.25, -0.2) is 4.68 Å². The first-order valence-corrected chi connectivity index (χ1v) is 7.52. The number of hydrogen-bond donors (Lipinski definition) is 0. The van der Waals surface area contributed by atoms with Crippen molar-refractivity contribution in [1.29, 1.82) is 0 Å². The van der Waals surface area contributed by atoms with Gasteiger partial charge in [-0.15, -0.1) is 5.10 Å². The molecule has 1 aliphatic rings. The normalized spacial score (nSPS) is 16.0. The van der Waals surface area contributed by atoms with Gasteiger partial charge in [0.05, 0.1) is 11.9 Å². The molecule has 1 aromatic heterocycles. The van der Waals surface area contributed by atoms with Crippen LogP contribution >= 0.6 is 0 Å². The number of carbonyl (C=O) groups excluding carboxylic acids is 1. The summed E-state index contributed by atoms with van der Waals surface area (Å²) in [5.41, 5.74) is 3.76. The number of carbonyl (C=O) groups is 1. The minimum atomic E-state index is -0.0387. The second-order valence-electron chi connectivity index (χ2n) is 5.91. The maximum absolute atomic E-state index is 12.5. The van der Waals surface area contributed by atoms with E-state index in [4.69, 9.17) is 0 Å². The fraction of sp³-hybridized carbons (Fsp3) is 0.438. The topological polar surface area (TPSA) is 54.3 Å². The molecule has 2 heterocycles. The molecule has 1 fully saturated rings. The molecule has 0 spiro atoms. The molecule has 3 rings (SSSR count). The third-order valence-electron chi connectivity index (χ3n) is 4.26. The van der Waals surface area contributed by atoms with Crippen LogP contribution in [0.3, 0.4) is 0 Å². The molecule has 6 nitrogen and oxygen atoms in total. The summed E-state index contributed by atoms with van der Waals surface area (Å²) < 4.78 is 1.66. The van der Waals surface area contributed by atoms with E-state index >= 15 is 0 Å². The first-order chi connectivity index (χ1) is 10.5. The molecular weight excluding hydrogens is 278 g/mol. The van der Waals surface area contributed by atoms with Gasteiger partial charge >= 0.3 is 0 Å². The van der Waals surface area contributed by atoms with Crippen molar-refractivity contribution in [2.24, 2.45) is 0 Å². The van der Waals surface area contributed by atoms with Gasteiger partial charge in [0, 0.05) is 26.2 Å². The van der Waals surface area contributed by atoms with Crippen LogP contribution in [0, 0.1) is 13.8 Å². The maximum atomic E-state index is 12.5. The van der Waals surface area contributed by atoms with Gasteiger partial charge in [0.1, 0.15) is 0 Å². The van der Waals surface area contributed by atoms with Crippen LogP contribution in [-0.4, -0.2) is 63.9 Å². The molecular formula is C16H21N5O. The minimum Gasteiger partial charge on any atom is -0.335 e. The molecule has 2 aromatic rings. The Morgan fingerprint density at radius 3 is 2.50 bits per heavy atom. The largest absolute Gasteiger partial charge is 0.335 e. The predicted molar refractivity (Wildman–Crippen MR) is 84.2 cm³/mol.